The van der Waals surface area contributed by atoms with Gasteiger partial charge in [0.1, 0.15) is 5.75 Å². The lowest BCUT2D eigenvalue weighted by molar-refractivity contribution is -0.118. The lowest BCUT2D eigenvalue weighted by Gasteiger charge is -2.10. The second kappa shape index (κ2) is 9.38. The number of nitrogens with one attached hydrogen (secondary N) is 2. The summed E-state index contributed by atoms with van der Waals surface area (Å²) in [6, 6.07) is 19.8. The number of carboxylic acids is 1. The molecule has 0 radical (unpaired) electrons. The van der Waals surface area contributed by atoms with Gasteiger partial charge >= 0.3 is 5.97 Å². The molecule has 30 heavy (non-hydrogen) atoms. The van der Waals surface area contributed by atoms with Crippen molar-refractivity contribution in [2.24, 2.45) is 0 Å². The van der Waals surface area contributed by atoms with Gasteiger partial charge < -0.3 is 20.5 Å². The normalized spacial score (nSPS) is 10.2. The van der Waals surface area contributed by atoms with Gasteiger partial charge in [-0.25, -0.2) is 4.79 Å². The average Bonchev–Trinajstić information content (AvgIpc) is 2.74. The maximum atomic E-state index is 12.4. The molecule has 0 bridgehead atoms. The van der Waals surface area contributed by atoms with E-state index in [-0.39, 0.29) is 23.8 Å². The molecule has 3 aromatic carbocycles. The highest BCUT2D eigenvalue weighted by molar-refractivity contribution is 6.08. The van der Waals surface area contributed by atoms with Gasteiger partial charge in [-0.2, -0.15) is 0 Å². The first-order valence-corrected chi connectivity index (χ1v) is 9.15. The van der Waals surface area contributed by atoms with Crippen molar-refractivity contribution in [3.63, 3.8) is 0 Å². The molecule has 0 saturated carbocycles. The van der Waals surface area contributed by atoms with E-state index in [1.807, 2.05) is 19.1 Å². The van der Waals surface area contributed by atoms with Crippen LogP contribution in [0.5, 0.6) is 5.75 Å². The first-order chi connectivity index (χ1) is 14.4. The zero-order chi connectivity index (χ0) is 21.5. The molecule has 0 saturated heterocycles. The van der Waals surface area contributed by atoms with Gasteiger partial charge in [0.05, 0.1) is 11.3 Å². The second-order valence-electron chi connectivity index (χ2n) is 6.53. The number of aryl methyl sites for hydroxylation is 1. The Kier molecular flexibility index (Phi) is 6.44. The van der Waals surface area contributed by atoms with E-state index in [2.05, 4.69) is 10.6 Å². The van der Waals surface area contributed by atoms with Crippen LogP contribution in [-0.4, -0.2) is 29.5 Å². The Morgan fingerprint density at radius 1 is 0.867 bits per heavy atom. The topological polar surface area (TPSA) is 105 Å². The zero-order valence-corrected chi connectivity index (χ0v) is 16.2. The molecule has 3 aromatic rings. The Hall–Kier alpha value is -4.13. The number of amides is 2. The van der Waals surface area contributed by atoms with Crippen LogP contribution in [0, 0.1) is 6.92 Å². The van der Waals surface area contributed by atoms with Crippen LogP contribution in [0.25, 0.3) is 0 Å². The van der Waals surface area contributed by atoms with E-state index in [1.54, 1.807) is 36.4 Å². The van der Waals surface area contributed by atoms with Crippen LogP contribution in [0.15, 0.2) is 72.8 Å². The molecule has 7 heteroatoms. The van der Waals surface area contributed by atoms with Crippen LogP contribution in [0.2, 0.25) is 0 Å². The molecule has 7 nitrogen and oxygen atoms in total. The number of hydrogen-bond donors (Lipinski definition) is 3. The number of carboxylic acid groups (broad SMARTS) is 1. The van der Waals surface area contributed by atoms with Crippen LogP contribution in [0.1, 0.15) is 26.3 Å². The van der Waals surface area contributed by atoms with Crippen LogP contribution in [0.3, 0.4) is 0 Å². The summed E-state index contributed by atoms with van der Waals surface area (Å²) in [5, 5.41) is 14.5. The van der Waals surface area contributed by atoms with Gasteiger partial charge in [0.25, 0.3) is 11.8 Å². The number of aromatic carboxylic acids is 1. The molecule has 152 valence electrons. The van der Waals surface area contributed by atoms with E-state index in [1.165, 1.54) is 24.3 Å². The number of carbonyl (C=O) groups excluding carboxylic acids is 2. The molecule has 0 aliphatic carbocycles. The summed E-state index contributed by atoms with van der Waals surface area (Å²) in [5.74, 6) is -1.31. The first-order valence-electron chi connectivity index (χ1n) is 9.15. The van der Waals surface area contributed by atoms with Crippen molar-refractivity contribution in [1.82, 2.24) is 0 Å². The Bertz CT molecular complexity index is 1060. The SMILES string of the molecule is Cc1ccc(OCC(=O)Nc2ccc(C(=O)Nc3ccccc3C(=O)O)cc2)cc1. The van der Waals surface area contributed by atoms with Gasteiger partial charge in [-0.05, 0) is 55.5 Å². The van der Waals surface area contributed by atoms with Crippen LogP contribution in [0.4, 0.5) is 11.4 Å². The van der Waals surface area contributed by atoms with Crippen molar-refractivity contribution < 1.29 is 24.2 Å². The van der Waals surface area contributed by atoms with E-state index < -0.39 is 11.9 Å². The quantitative estimate of drug-likeness (QED) is 0.553. The molecule has 0 atom stereocenters. The van der Waals surface area contributed by atoms with Gasteiger partial charge in [0, 0.05) is 11.3 Å². The third-order valence-electron chi connectivity index (χ3n) is 4.23. The highest BCUT2D eigenvalue weighted by atomic mass is 16.5. The van der Waals surface area contributed by atoms with Crippen molar-refractivity contribution in [2.75, 3.05) is 17.2 Å². The Morgan fingerprint density at radius 3 is 2.20 bits per heavy atom. The predicted molar refractivity (Wildman–Crippen MR) is 113 cm³/mol. The first kappa shape index (κ1) is 20.6. The van der Waals surface area contributed by atoms with Gasteiger partial charge in [0.15, 0.2) is 6.61 Å². The summed E-state index contributed by atoms with van der Waals surface area (Å²) in [5.41, 5.74) is 2.14. The Morgan fingerprint density at radius 2 is 1.53 bits per heavy atom. The summed E-state index contributed by atoms with van der Waals surface area (Å²) in [7, 11) is 0. The van der Waals surface area contributed by atoms with Gasteiger partial charge in [0.2, 0.25) is 0 Å². The average molecular weight is 404 g/mol. The molecule has 3 rings (SSSR count). The molecule has 0 fully saturated rings. The summed E-state index contributed by atoms with van der Waals surface area (Å²) in [6.07, 6.45) is 0. The van der Waals surface area contributed by atoms with Gasteiger partial charge in [-0.3, -0.25) is 9.59 Å². The number of rotatable bonds is 7. The van der Waals surface area contributed by atoms with Gasteiger partial charge in [-0.15, -0.1) is 0 Å². The van der Waals surface area contributed by atoms with Crippen LogP contribution >= 0.6 is 0 Å². The fourth-order valence-electron chi connectivity index (χ4n) is 2.66. The lowest BCUT2D eigenvalue weighted by Crippen LogP contribution is -2.20. The van der Waals surface area contributed by atoms with E-state index in [0.717, 1.165) is 5.56 Å². The second-order valence-corrected chi connectivity index (χ2v) is 6.53. The third kappa shape index (κ3) is 5.45. The molecule has 2 amide bonds. The monoisotopic (exact) mass is 404 g/mol. The highest BCUT2D eigenvalue weighted by Crippen LogP contribution is 2.17. The van der Waals surface area contributed by atoms with Gasteiger partial charge in [-0.1, -0.05) is 29.8 Å². The smallest absolute Gasteiger partial charge is 0.337 e. The van der Waals surface area contributed by atoms with E-state index in [0.29, 0.717) is 17.0 Å². The van der Waals surface area contributed by atoms with Crippen LogP contribution in [-0.2, 0) is 4.79 Å². The molecule has 3 N–H and O–H groups in total. The van der Waals surface area contributed by atoms with Crippen LogP contribution < -0.4 is 15.4 Å². The van der Waals surface area contributed by atoms with E-state index in [4.69, 9.17) is 4.74 Å². The van der Waals surface area contributed by atoms with Crippen molar-refractivity contribution in [3.05, 3.63) is 89.5 Å². The highest BCUT2D eigenvalue weighted by Gasteiger charge is 2.13. The van der Waals surface area contributed by atoms with E-state index >= 15 is 0 Å². The summed E-state index contributed by atoms with van der Waals surface area (Å²) in [4.78, 5) is 35.7. The maximum Gasteiger partial charge on any atom is 0.337 e. The van der Waals surface area contributed by atoms with E-state index in [9.17, 15) is 19.5 Å². The molecular formula is C23H20N2O5. The molecule has 0 aliphatic rings. The minimum Gasteiger partial charge on any atom is -0.484 e. The number of ether oxygens (including phenoxy) is 1. The molecule has 0 spiro atoms. The number of hydrogen-bond acceptors (Lipinski definition) is 4. The molecule has 0 heterocycles. The molecule has 0 aliphatic heterocycles. The fraction of sp³-hybridized carbons (Fsp3) is 0.0870. The Labute approximate surface area is 173 Å². The van der Waals surface area contributed by atoms with Crippen molar-refractivity contribution in [1.29, 1.82) is 0 Å². The molecular weight excluding hydrogens is 384 g/mol. The molecule has 0 unspecified atom stereocenters. The number of para-hydroxylation sites is 1. The number of benzene rings is 3. The van der Waals surface area contributed by atoms with Crippen molar-refractivity contribution in [2.45, 2.75) is 6.92 Å². The third-order valence-corrected chi connectivity index (χ3v) is 4.23. The van der Waals surface area contributed by atoms with Crippen molar-refractivity contribution in [3.8, 4) is 5.75 Å². The molecule has 0 aromatic heterocycles. The maximum absolute atomic E-state index is 12.4. The largest absolute Gasteiger partial charge is 0.484 e. The fourth-order valence-corrected chi connectivity index (χ4v) is 2.66. The van der Waals surface area contributed by atoms with Crippen molar-refractivity contribution >= 4 is 29.2 Å². The number of anilines is 2. The minimum absolute atomic E-state index is 0.00306. The zero-order valence-electron chi connectivity index (χ0n) is 16.2. The minimum atomic E-state index is -1.13. The predicted octanol–water partition coefficient (Wildman–Crippen LogP) is 3.96. The summed E-state index contributed by atoms with van der Waals surface area (Å²) in [6.45, 7) is 1.82. The Balaban J connectivity index is 1.56. The standard InChI is InChI=1S/C23H20N2O5/c1-15-6-12-18(13-7-15)30-14-21(26)24-17-10-8-16(9-11-17)22(27)25-20-5-3-2-4-19(20)23(28)29/h2-13H,14H2,1H3,(H,24,26)(H,25,27)(H,28,29). The number of carbonyl (C=O) groups is 3. The summed E-state index contributed by atoms with van der Waals surface area (Å²) >= 11 is 0. The summed E-state index contributed by atoms with van der Waals surface area (Å²) < 4.78 is 5.43. The lowest BCUT2D eigenvalue weighted by atomic mass is 10.1.